The van der Waals surface area contributed by atoms with Gasteiger partial charge in [-0.3, -0.25) is 14.7 Å². The van der Waals surface area contributed by atoms with Crippen molar-refractivity contribution >= 4 is 166 Å². The third-order valence-corrected chi connectivity index (χ3v) is 26.4. The standard InChI is InChI=1S/C84H69B2N7OS3/c1-81(2)41-42-82(3,4)54-45-52(39-40-53(54)81)89-58-30-16-15-29-55(58)85-56-46-57-66(47-63(56)91(51-27-13-10-14-28-51)79-74(85)64(89)48-71(87-79)92-59-31-17-21-35-67(59)95-68-36-22-18-32-60(68)92)94-80-75-65(49-72(88-80)93-61-33-19-23-37-69(61)96-70-38-24-20-34-62(70)93)90(50-25-11-9-12-26-50)76-73-77(97-78(76)86(57)75)84(7,8)44-43-83(73,5)6/h9-40,45-49H,41-44H2,1-8H3. The Bertz CT molecular complexity index is 5290. The number of hydrogen-bond donors (Lipinski definition) is 0. The Morgan fingerprint density at radius 2 is 0.876 bits per heavy atom. The molecule has 9 heterocycles. The van der Waals surface area contributed by atoms with Crippen molar-refractivity contribution in [1.29, 1.82) is 0 Å². The summed E-state index contributed by atoms with van der Waals surface area (Å²) in [6.07, 6.45) is 4.45. The van der Waals surface area contributed by atoms with Gasteiger partial charge in [0.25, 0.3) is 13.4 Å². The molecule has 0 unspecified atom stereocenters. The topological polar surface area (TPSA) is 51.2 Å². The van der Waals surface area contributed by atoms with Crippen molar-refractivity contribution in [3.63, 3.8) is 0 Å². The molecule has 0 amide bonds. The first kappa shape index (κ1) is 57.8. The van der Waals surface area contributed by atoms with Gasteiger partial charge in [0.1, 0.15) is 23.2 Å². The van der Waals surface area contributed by atoms with Gasteiger partial charge in [-0.05, 0) is 177 Å². The van der Waals surface area contributed by atoms with E-state index in [2.05, 4.69) is 304 Å². The lowest BCUT2D eigenvalue weighted by Crippen LogP contribution is -2.64. The zero-order valence-corrected chi connectivity index (χ0v) is 58.1. The molecule has 0 spiro atoms. The van der Waals surface area contributed by atoms with E-state index in [0.29, 0.717) is 5.88 Å². The molecule has 0 saturated heterocycles. The van der Waals surface area contributed by atoms with E-state index in [1.165, 1.54) is 68.0 Å². The minimum atomic E-state index is -0.236. The average Bonchev–Trinajstić information content (AvgIpc) is 1.67. The molecule has 8 aliphatic rings. The van der Waals surface area contributed by atoms with Gasteiger partial charge in [-0.2, -0.15) is 16.3 Å². The van der Waals surface area contributed by atoms with E-state index in [1.807, 2.05) is 34.9 Å². The molecule has 12 aromatic rings. The Balaban J connectivity index is 0.884. The number of pyridine rings is 2. The number of hydrogen-bond acceptors (Lipinski definition) is 11. The number of benzene rings is 9. The summed E-state index contributed by atoms with van der Waals surface area (Å²) in [6, 6.07) is 83.7. The van der Waals surface area contributed by atoms with Crippen LogP contribution in [0.25, 0.3) is 0 Å². The predicted molar refractivity (Wildman–Crippen MR) is 408 cm³/mol. The van der Waals surface area contributed by atoms with Gasteiger partial charge in [-0.15, -0.1) is 0 Å². The van der Waals surface area contributed by atoms with E-state index in [-0.39, 0.29) is 35.1 Å². The molecule has 3 aromatic heterocycles. The number of anilines is 15. The quantitative estimate of drug-likeness (QED) is 0.156. The molecule has 2 aliphatic carbocycles. The Kier molecular flexibility index (Phi) is 12.3. The summed E-state index contributed by atoms with van der Waals surface area (Å²) in [7, 11) is 0. The summed E-state index contributed by atoms with van der Waals surface area (Å²) in [4.78, 5) is 30.7. The maximum Gasteiger partial charge on any atom is 0.271 e. The Morgan fingerprint density at radius 1 is 0.371 bits per heavy atom. The second kappa shape index (κ2) is 20.6. The van der Waals surface area contributed by atoms with Gasteiger partial charge in [0.2, 0.25) is 5.88 Å². The normalized spacial score (nSPS) is 17.5. The molecule has 20 rings (SSSR count). The van der Waals surface area contributed by atoms with E-state index in [0.717, 1.165) is 122 Å². The summed E-state index contributed by atoms with van der Waals surface area (Å²) in [5.41, 5.74) is 23.4. The van der Waals surface area contributed by atoms with Crippen LogP contribution >= 0.6 is 34.9 Å². The van der Waals surface area contributed by atoms with Gasteiger partial charge in [-0.1, -0.05) is 194 Å². The zero-order chi connectivity index (χ0) is 65.2. The van der Waals surface area contributed by atoms with E-state index in [1.54, 1.807) is 0 Å². The molecular formula is C84H69B2N7OS3. The highest BCUT2D eigenvalue weighted by Gasteiger charge is 2.54. The van der Waals surface area contributed by atoms with Gasteiger partial charge in [0, 0.05) is 87.0 Å². The van der Waals surface area contributed by atoms with Crippen LogP contribution in [0.4, 0.5) is 85.7 Å². The van der Waals surface area contributed by atoms with Crippen molar-refractivity contribution in [1.82, 2.24) is 9.97 Å². The van der Waals surface area contributed by atoms with Crippen molar-refractivity contribution in [2.24, 2.45) is 0 Å². The van der Waals surface area contributed by atoms with Gasteiger partial charge in [0.05, 0.1) is 34.1 Å². The van der Waals surface area contributed by atoms with E-state index in [9.17, 15) is 0 Å². The van der Waals surface area contributed by atoms with Gasteiger partial charge < -0.3 is 14.5 Å². The Labute approximate surface area is 581 Å². The number of fused-ring (bicyclic) bond motifs is 15. The zero-order valence-electron chi connectivity index (χ0n) is 55.6. The first-order valence-electron chi connectivity index (χ1n) is 34.3. The molecule has 0 atom stereocenters. The van der Waals surface area contributed by atoms with Crippen LogP contribution in [-0.2, 0) is 21.7 Å². The number of para-hydroxylation sites is 7. The van der Waals surface area contributed by atoms with Gasteiger partial charge >= 0.3 is 0 Å². The molecule has 13 heteroatoms. The monoisotopic (exact) mass is 1310 g/mol. The van der Waals surface area contributed by atoms with Crippen molar-refractivity contribution in [3.05, 3.63) is 246 Å². The molecule has 0 N–H and O–H groups in total. The summed E-state index contributed by atoms with van der Waals surface area (Å²) in [6.45, 7) is 19.3. The minimum Gasteiger partial charge on any atom is -0.440 e. The van der Waals surface area contributed by atoms with Crippen LogP contribution in [0.3, 0.4) is 0 Å². The molecule has 0 saturated carbocycles. The van der Waals surface area contributed by atoms with E-state index in [4.69, 9.17) is 14.7 Å². The number of thiophene rings is 1. The lowest BCUT2D eigenvalue weighted by atomic mass is 9.31. The van der Waals surface area contributed by atoms with Crippen LogP contribution < -0.4 is 61.3 Å². The fourth-order valence-electron chi connectivity index (χ4n) is 17.5. The molecule has 8 nitrogen and oxygen atoms in total. The summed E-state index contributed by atoms with van der Waals surface area (Å²) >= 11 is 5.68. The van der Waals surface area contributed by atoms with Gasteiger partial charge in [-0.25, -0.2) is 4.98 Å². The highest BCUT2D eigenvalue weighted by atomic mass is 32.2. The number of rotatable bonds is 5. The second-order valence-electron chi connectivity index (χ2n) is 30.1. The van der Waals surface area contributed by atoms with Crippen LogP contribution in [0.5, 0.6) is 11.6 Å². The van der Waals surface area contributed by atoms with E-state index >= 15 is 0 Å². The molecular weight excluding hydrogens is 1240 g/mol. The largest absolute Gasteiger partial charge is 0.440 e. The van der Waals surface area contributed by atoms with Crippen LogP contribution in [0, 0.1) is 0 Å². The highest BCUT2D eigenvalue weighted by molar-refractivity contribution is 8.00. The van der Waals surface area contributed by atoms with E-state index < -0.39 is 0 Å². The minimum absolute atomic E-state index is 0.0196. The lowest BCUT2D eigenvalue weighted by molar-refractivity contribution is 0.332. The smallest absolute Gasteiger partial charge is 0.271 e. The first-order valence-corrected chi connectivity index (χ1v) is 36.7. The third kappa shape index (κ3) is 8.34. The van der Waals surface area contributed by atoms with Crippen molar-refractivity contribution in [3.8, 4) is 11.6 Å². The molecule has 97 heavy (non-hydrogen) atoms. The van der Waals surface area contributed by atoms with Crippen molar-refractivity contribution < 1.29 is 4.74 Å². The van der Waals surface area contributed by atoms with Crippen LogP contribution in [0.1, 0.15) is 103 Å². The fraction of sp³-hybridized carbons (Fsp3) is 0.190. The number of aromatic nitrogens is 2. The van der Waals surface area contributed by atoms with Crippen LogP contribution in [-0.4, -0.2) is 23.4 Å². The van der Waals surface area contributed by atoms with Crippen LogP contribution in [0.15, 0.2) is 244 Å². The van der Waals surface area contributed by atoms with Crippen LogP contribution in [0.2, 0.25) is 0 Å². The third-order valence-electron chi connectivity index (χ3n) is 22.5. The number of nitrogens with zero attached hydrogens (tertiary/aromatic N) is 7. The SMILES string of the molecule is CC1(C)CCC(C)(C)c2cc(N3c4ccccc4B4c5cc6c(cc5N(c5ccccc5)c5nc(N7c8ccccc8Sc8ccccc87)cc3c54)Oc3nc(N4c5ccccc5Sc5ccccc54)cc4c3B6c3sc5c(c3N4c3ccccc3)C(C)(C)CCC5(C)C)ccc21. The molecule has 0 bridgehead atoms. The number of ether oxygens (including phenoxy) is 1. The Hall–Kier alpha value is -9.39. The molecule has 470 valence electrons. The summed E-state index contributed by atoms with van der Waals surface area (Å²) < 4.78 is 9.19. The first-order chi connectivity index (χ1) is 47.1. The van der Waals surface area contributed by atoms with Gasteiger partial charge in [0.15, 0.2) is 0 Å². The van der Waals surface area contributed by atoms with Crippen molar-refractivity contribution in [2.75, 3.05) is 24.5 Å². The van der Waals surface area contributed by atoms with Crippen molar-refractivity contribution in [2.45, 2.75) is 122 Å². The Morgan fingerprint density at radius 3 is 1.48 bits per heavy atom. The second-order valence-corrected chi connectivity index (χ2v) is 33.4. The summed E-state index contributed by atoms with van der Waals surface area (Å²) in [5, 5.41) is 0. The average molecular weight is 1310 g/mol. The molecule has 9 aromatic carbocycles. The molecule has 0 radical (unpaired) electrons. The predicted octanol–water partition coefficient (Wildman–Crippen LogP) is 19.6. The lowest BCUT2D eigenvalue weighted by Gasteiger charge is -2.46. The fourth-order valence-corrected chi connectivity index (χ4v) is 21.3. The summed E-state index contributed by atoms with van der Waals surface area (Å²) in [5.74, 6) is 3.96. The maximum absolute atomic E-state index is 7.85. The maximum atomic E-state index is 7.85. The molecule has 0 fully saturated rings. The molecule has 6 aliphatic heterocycles. The highest BCUT2D eigenvalue weighted by Crippen LogP contribution is 2.60.